The zero-order chi connectivity index (χ0) is 14.7. The molecular weight excluding hydrogens is 294 g/mol. The summed E-state index contributed by atoms with van der Waals surface area (Å²) >= 11 is 5.65. The first-order valence-electron chi connectivity index (χ1n) is 5.54. The van der Waals surface area contributed by atoms with Crippen LogP contribution in [0.3, 0.4) is 0 Å². The molecule has 0 bridgehead atoms. The average molecular weight is 304 g/mol. The number of hydrogen-bond acceptors (Lipinski definition) is 6. The molecule has 3 atom stereocenters. The molecule has 20 heavy (non-hydrogen) atoms. The second-order valence-electron chi connectivity index (χ2n) is 4.01. The van der Waals surface area contributed by atoms with Crippen molar-refractivity contribution in [3.8, 4) is 0 Å². The van der Waals surface area contributed by atoms with Gasteiger partial charge in [-0.05, 0) is 5.53 Å². The fraction of sp³-hybridized carbons (Fsp3) is 0.556. The second kappa shape index (κ2) is 5.97. The molecule has 108 valence electrons. The Hall–Kier alpha value is -2.00. The first-order chi connectivity index (χ1) is 9.56. The molecule has 11 heteroatoms. The van der Waals surface area contributed by atoms with E-state index >= 15 is 0 Å². The normalized spacial score (nSPS) is 25.2. The first-order valence-corrected chi connectivity index (χ1v) is 5.92. The molecule has 2 rings (SSSR count). The van der Waals surface area contributed by atoms with Gasteiger partial charge >= 0.3 is 5.69 Å². The largest absolute Gasteiger partial charge is 0.427 e. The highest BCUT2D eigenvalue weighted by Crippen LogP contribution is 2.30. The predicted octanol–water partition coefficient (Wildman–Crippen LogP) is 0.0803. The summed E-state index contributed by atoms with van der Waals surface area (Å²) in [7, 11) is 0. The molecule has 1 fully saturated rings. The molecule has 0 saturated carbocycles. The van der Waals surface area contributed by atoms with E-state index in [1.165, 1.54) is 0 Å². The van der Waals surface area contributed by atoms with Gasteiger partial charge in [-0.3, -0.25) is 14.3 Å². The lowest BCUT2D eigenvalue weighted by Crippen LogP contribution is -2.32. The lowest BCUT2D eigenvalue weighted by atomic mass is 10.2. The highest BCUT2D eigenvalue weighted by Gasteiger charge is 2.38. The number of rotatable bonds is 4. The molecule has 0 aromatic carbocycles. The summed E-state index contributed by atoms with van der Waals surface area (Å²) in [6.45, 7) is -0.381. The molecule has 1 unspecified atom stereocenters. The van der Waals surface area contributed by atoms with E-state index in [1.807, 2.05) is 4.98 Å². The van der Waals surface area contributed by atoms with E-state index in [2.05, 4.69) is 10.2 Å². The lowest BCUT2D eigenvalue weighted by Gasteiger charge is -2.14. The number of nitrogens with zero attached hydrogens (tertiary/aromatic N) is 4. The molecule has 0 radical (unpaired) electrons. The molecule has 1 saturated heterocycles. The topological polar surface area (TPSA) is 142 Å². The van der Waals surface area contributed by atoms with Gasteiger partial charge in [-0.1, -0.05) is 11.6 Å². The first kappa shape index (κ1) is 14.4. The van der Waals surface area contributed by atoms with Crippen molar-refractivity contribution in [2.24, 2.45) is 5.28 Å². The van der Waals surface area contributed by atoms with Crippen LogP contribution in [-0.2, 0) is 9.57 Å². The van der Waals surface area contributed by atoms with E-state index < -0.39 is 29.7 Å². The van der Waals surface area contributed by atoms with Crippen molar-refractivity contribution < 1.29 is 14.7 Å². The van der Waals surface area contributed by atoms with Crippen LogP contribution in [-0.4, -0.2) is 33.5 Å². The Morgan fingerprint density at radius 1 is 1.70 bits per heavy atom. The van der Waals surface area contributed by atoms with Crippen molar-refractivity contribution >= 4 is 11.6 Å². The third kappa shape index (κ3) is 2.78. The lowest BCUT2D eigenvalue weighted by molar-refractivity contribution is -0.0625. The van der Waals surface area contributed by atoms with E-state index in [1.54, 1.807) is 0 Å². The number of H-pyrrole nitrogens is 1. The molecule has 2 N–H and O–H groups in total. The average Bonchev–Trinajstić information content (AvgIpc) is 2.83. The Bertz CT molecular complexity index is 651. The zero-order valence-electron chi connectivity index (χ0n) is 9.97. The number of aromatic nitrogens is 2. The highest BCUT2D eigenvalue weighted by atomic mass is 35.5. The smallest absolute Gasteiger partial charge is 0.330 e. The molecule has 1 aliphatic rings. The van der Waals surface area contributed by atoms with E-state index in [0.717, 1.165) is 10.8 Å². The van der Waals surface area contributed by atoms with Crippen molar-refractivity contribution in [3.63, 3.8) is 0 Å². The van der Waals surface area contributed by atoms with Gasteiger partial charge in [-0.25, -0.2) is 4.79 Å². The van der Waals surface area contributed by atoms with Crippen LogP contribution in [0.5, 0.6) is 0 Å². The monoisotopic (exact) mass is 303 g/mol. The van der Waals surface area contributed by atoms with Crippen molar-refractivity contribution in [3.05, 3.63) is 42.5 Å². The molecule has 10 nitrogen and oxygen atoms in total. The third-order valence-corrected chi connectivity index (χ3v) is 3.08. The maximum Gasteiger partial charge on any atom is 0.330 e. The summed E-state index contributed by atoms with van der Waals surface area (Å²) in [5.41, 5.74) is 6.79. The molecule has 0 spiro atoms. The van der Waals surface area contributed by atoms with E-state index in [4.69, 9.17) is 31.8 Å². The minimum atomic E-state index is -0.798. The molecule has 2 heterocycles. The highest BCUT2D eigenvalue weighted by molar-refractivity contribution is 6.30. The SMILES string of the molecule is [N-]=[N+]=NOC1C[C@@H](n2cc(Cl)c(=O)[nH]c2=O)O[C@H]1CO. The molecular formula is C9H10ClN5O5. The molecule has 0 aliphatic carbocycles. The van der Waals surface area contributed by atoms with E-state index in [-0.39, 0.29) is 18.1 Å². The summed E-state index contributed by atoms with van der Waals surface area (Å²) in [5, 5.41) is 11.9. The Morgan fingerprint density at radius 2 is 2.45 bits per heavy atom. The second-order valence-corrected chi connectivity index (χ2v) is 4.41. The predicted molar refractivity (Wildman–Crippen MR) is 66.0 cm³/mol. The fourth-order valence-corrected chi connectivity index (χ4v) is 2.05. The summed E-state index contributed by atoms with van der Waals surface area (Å²) in [4.78, 5) is 32.1. The number of halogens is 1. The van der Waals surface area contributed by atoms with Gasteiger partial charge in [0.25, 0.3) is 5.56 Å². The maximum atomic E-state index is 11.7. The van der Waals surface area contributed by atoms with Crippen LogP contribution in [0.1, 0.15) is 12.6 Å². The van der Waals surface area contributed by atoms with Crippen LogP contribution >= 0.6 is 11.6 Å². The summed E-state index contributed by atoms with van der Waals surface area (Å²) in [5.74, 6) is 0. The van der Waals surface area contributed by atoms with Gasteiger partial charge < -0.3 is 14.7 Å². The number of hydrogen-bond donors (Lipinski definition) is 2. The number of ether oxygens (including phenoxy) is 1. The van der Waals surface area contributed by atoms with Crippen LogP contribution in [0, 0.1) is 0 Å². The number of aliphatic hydroxyl groups is 1. The molecule has 1 aliphatic heterocycles. The standard InChI is InChI=1S/C9H10ClN5O5/c10-4-2-15(9(18)12-8(4)17)7-1-5(20-14-13-11)6(3-16)19-7/h2,5-7,16H,1,3H2,(H,12,17,18)/t5?,6-,7-/m0/s1. The van der Waals surface area contributed by atoms with Crippen LogP contribution in [0.2, 0.25) is 5.02 Å². The van der Waals surface area contributed by atoms with Gasteiger partial charge in [0.05, 0.1) is 6.61 Å². The van der Waals surface area contributed by atoms with Crippen molar-refractivity contribution in [2.75, 3.05) is 6.61 Å². The summed E-state index contributed by atoms with van der Waals surface area (Å²) < 4.78 is 6.48. The fourth-order valence-electron chi connectivity index (χ4n) is 1.90. The van der Waals surface area contributed by atoms with Crippen LogP contribution in [0.4, 0.5) is 0 Å². The minimum Gasteiger partial charge on any atom is -0.427 e. The number of aliphatic hydroxyl groups excluding tert-OH is 1. The molecule has 1 aromatic heterocycles. The van der Waals surface area contributed by atoms with Gasteiger partial charge in [0.1, 0.15) is 28.7 Å². The van der Waals surface area contributed by atoms with Crippen LogP contribution < -0.4 is 11.2 Å². The number of azide groups is 1. The molecule has 0 amide bonds. The molecule has 1 aromatic rings. The Balaban J connectivity index is 2.27. The zero-order valence-corrected chi connectivity index (χ0v) is 10.7. The third-order valence-electron chi connectivity index (χ3n) is 2.81. The Morgan fingerprint density at radius 3 is 3.10 bits per heavy atom. The number of nitrogens with one attached hydrogen (secondary N) is 1. The van der Waals surface area contributed by atoms with Gasteiger partial charge in [0.15, 0.2) is 0 Å². The number of aromatic amines is 1. The summed E-state index contributed by atoms with van der Waals surface area (Å²) in [6, 6.07) is 0. The van der Waals surface area contributed by atoms with Gasteiger partial charge in [0.2, 0.25) is 0 Å². The summed E-state index contributed by atoms with van der Waals surface area (Å²) in [6.07, 6.45) is -0.987. The maximum absolute atomic E-state index is 11.7. The minimum absolute atomic E-state index is 0.145. The van der Waals surface area contributed by atoms with Crippen LogP contribution in [0.15, 0.2) is 21.1 Å². The van der Waals surface area contributed by atoms with Gasteiger partial charge in [-0.2, -0.15) is 0 Å². The van der Waals surface area contributed by atoms with Crippen LogP contribution in [0.25, 0.3) is 10.4 Å². The van der Waals surface area contributed by atoms with Crippen molar-refractivity contribution in [1.29, 1.82) is 0 Å². The van der Waals surface area contributed by atoms with Crippen molar-refractivity contribution in [1.82, 2.24) is 9.55 Å². The Labute approximate surface area is 116 Å². The van der Waals surface area contributed by atoms with Gasteiger partial charge in [0, 0.05) is 17.5 Å². The van der Waals surface area contributed by atoms with Crippen molar-refractivity contribution in [2.45, 2.75) is 24.9 Å². The quantitative estimate of drug-likeness (QED) is 0.350. The Kier molecular flexibility index (Phi) is 4.30. The van der Waals surface area contributed by atoms with E-state index in [9.17, 15) is 9.59 Å². The van der Waals surface area contributed by atoms with Gasteiger partial charge in [-0.15, -0.1) is 0 Å². The van der Waals surface area contributed by atoms with E-state index in [0.29, 0.717) is 0 Å².